The van der Waals surface area contributed by atoms with Crippen molar-refractivity contribution in [3.63, 3.8) is 0 Å². The van der Waals surface area contributed by atoms with Crippen molar-refractivity contribution in [1.29, 1.82) is 0 Å². The minimum Gasteiger partial charge on any atom is -0.342 e. The minimum atomic E-state index is -0.267. The molecule has 0 aliphatic heterocycles. The molecular formula is C20H23ClN2O2. The topological polar surface area (TPSA) is 49.4 Å². The van der Waals surface area contributed by atoms with Gasteiger partial charge in [0.2, 0.25) is 0 Å². The summed E-state index contributed by atoms with van der Waals surface area (Å²) in [5.74, 6) is -0.349. The first-order valence-corrected chi connectivity index (χ1v) is 8.73. The Balaban J connectivity index is 2.16. The van der Waals surface area contributed by atoms with E-state index in [1.54, 1.807) is 48.3 Å². The standard InChI is InChI=1S/C20H23ClN2O2/c1-4-5-11-23(3)20(25)16-8-6-7-15(12-16)19(24)22-18-13-17(21)10-9-14(18)2/h6-10,12-13H,4-5,11H2,1-3H3,(H,22,24). The molecule has 25 heavy (non-hydrogen) atoms. The van der Waals surface area contributed by atoms with Crippen molar-refractivity contribution in [2.24, 2.45) is 0 Å². The molecule has 0 bridgehead atoms. The summed E-state index contributed by atoms with van der Waals surface area (Å²) in [6.45, 7) is 4.68. The van der Waals surface area contributed by atoms with Gasteiger partial charge in [-0.15, -0.1) is 0 Å². The van der Waals surface area contributed by atoms with E-state index in [0.717, 1.165) is 18.4 Å². The number of hydrogen-bond donors (Lipinski definition) is 1. The number of aryl methyl sites for hydroxylation is 1. The second-order valence-corrected chi connectivity index (χ2v) is 6.51. The maximum atomic E-state index is 12.5. The predicted octanol–water partition coefficient (Wildman–Crippen LogP) is 4.77. The highest BCUT2D eigenvalue weighted by molar-refractivity contribution is 6.31. The Morgan fingerprint density at radius 3 is 2.56 bits per heavy atom. The van der Waals surface area contributed by atoms with E-state index < -0.39 is 0 Å². The molecule has 0 heterocycles. The largest absolute Gasteiger partial charge is 0.342 e. The first-order valence-electron chi connectivity index (χ1n) is 8.35. The third-order valence-electron chi connectivity index (χ3n) is 4.01. The van der Waals surface area contributed by atoms with Crippen LogP contribution < -0.4 is 5.32 Å². The lowest BCUT2D eigenvalue weighted by atomic mass is 10.1. The minimum absolute atomic E-state index is 0.0814. The number of unbranched alkanes of at least 4 members (excludes halogenated alkanes) is 1. The fraction of sp³-hybridized carbons (Fsp3) is 0.300. The molecule has 4 nitrogen and oxygen atoms in total. The molecule has 0 atom stereocenters. The third kappa shape index (κ3) is 5.07. The van der Waals surface area contributed by atoms with Crippen LogP contribution in [0, 0.1) is 6.92 Å². The molecule has 0 saturated heterocycles. The molecule has 0 spiro atoms. The van der Waals surface area contributed by atoms with Gasteiger partial charge in [0.15, 0.2) is 0 Å². The summed E-state index contributed by atoms with van der Waals surface area (Å²) in [5.41, 5.74) is 2.53. The quantitative estimate of drug-likeness (QED) is 0.808. The Morgan fingerprint density at radius 2 is 1.84 bits per heavy atom. The molecule has 0 fully saturated rings. The molecule has 0 unspecified atom stereocenters. The monoisotopic (exact) mass is 358 g/mol. The molecule has 0 aliphatic carbocycles. The van der Waals surface area contributed by atoms with E-state index in [0.29, 0.717) is 28.4 Å². The lowest BCUT2D eigenvalue weighted by Gasteiger charge is -2.17. The Labute approximate surface area is 153 Å². The van der Waals surface area contributed by atoms with E-state index in [4.69, 9.17) is 11.6 Å². The fourth-order valence-corrected chi connectivity index (χ4v) is 2.61. The summed E-state index contributed by atoms with van der Waals surface area (Å²) in [6, 6.07) is 12.1. The van der Waals surface area contributed by atoms with Gasteiger partial charge in [-0.25, -0.2) is 0 Å². The van der Waals surface area contributed by atoms with Crippen LogP contribution in [0.4, 0.5) is 5.69 Å². The number of hydrogen-bond acceptors (Lipinski definition) is 2. The number of rotatable bonds is 6. The number of carbonyl (C=O) groups excluding carboxylic acids is 2. The molecule has 132 valence electrons. The molecule has 0 aromatic heterocycles. The molecule has 2 rings (SSSR count). The normalized spacial score (nSPS) is 10.4. The number of halogens is 1. The lowest BCUT2D eigenvalue weighted by Crippen LogP contribution is -2.28. The zero-order valence-electron chi connectivity index (χ0n) is 14.8. The smallest absolute Gasteiger partial charge is 0.255 e. The van der Waals surface area contributed by atoms with E-state index in [2.05, 4.69) is 12.2 Å². The lowest BCUT2D eigenvalue weighted by molar-refractivity contribution is 0.0793. The van der Waals surface area contributed by atoms with Crippen LogP contribution in [0.5, 0.6) is 0 Å². The molecule has 0 aliphatic rings. The van der Waals surface area contributed by atoms with Crippen LogP contribution in [-0.2, 0) is 0 Å². The summed E-state index contributed by atoms with van der Waals surface area (Å²) in [5, 5.41) is 3.41. The van der Waals surface area contributed by atoms with Gasteiger partial charge in [-0.3, -0.25) is 9.59 Å². The first kappa shape index (κ1) is 19.0. The van der Waals surface area contributed by atoms with Crippen LogP contribution in [0.3, 0.4) is 0 Å². The van der Waals surface area contributed by atoms with Crippen molar-refractivity contribution in [1.82, 2.24) is 4.90 Å². The highest BCUT2D eigenvalue weighted by Gasteiger charge is 2.14. The van der Waals surface area contributed by atoms with Crippen LogP contribution in [0.25, 0.3) is 0 Å². The van der Waals surface area contributed by atoms with Gasteiger partial charge in [0.1, 0.15) is 0 Å². The Bertz CT molecular complexity index is 774. The van der Waals surface area contributed by atoms with Crippen LogP contribution in [0.1, 0.15) is 46.0 Å². The molecule has 2 aromatic rings. The summed E-state index contributed by atoms with van der Waals surface area (Å²) in [4.78, 5) is 26.7. The predicted molar refractivity (Wildman–Crippen MR) is 102 cm³/mol. The van der Waals surface area contributed by atoms with Crippen molar-refractivity contribution >= 4 is 29.1 Å². The molecule has 2 amide bonds. The number of amides is 2. The molecule has 2 aromatic carbocycles. The van der Waals surface area contributed by atoms with Crippen LogP contribution in [0.2, 0.25) is 5.02 Å². The summed E-state index contributed by atoms with van der Waals surface area (Å²) >= 11 is 5.99. The van der Waals surface area contributed by atoms with Gasteiger partial charge in [-0.05, 0) is 49.2 Å². The van der Waals surface area contributed by atoms with Gasteiger partial charge >= 0.3 is 0 Å². The van der Waals surface area contributed by atoms with E-state index in [1.165, 1.54) is 0 Å². The van der Waals surface area contributed by atoms with Gasteiger partial charge in [0, 0.05) is 35.4 Å². The van der Waals surface area contributed by atoms with Crippen molar-refractivity contribution in [3.8, 4) is 0 Å². The molecular weight excluding hydrogens is 336 g/mol. The van der Waals surface area contributed by atoms with E-state index in [1.807, 2.05) is 13.0 Å². The highest BCUT2D eigenvalue weighted by atomic mass is 35.5. The second-order valence-electron chi connectivity index (χ2n) is 6.07. The van der Waals surface area contributed by atoms with Crippen molar-refractivity contribution in [3.05, 3.63) is 64.2 Å². The molecule has 0 radical (unpaired) electrons. The maximum absolute atomic E-state index is 12.5. The van der Waals surface area contributed by atoms with Crippen molar-refractivity contribution in [2.75, 3.05) is 18.9 Å². The van der Waals surface area contributed by atoms with Crippen LogP contribution in [0.15, 0.2) is 42.5 Å². The van der Waals surface area contributed by atoms with Crippen molar-refractivity contribution in [2.45, 2.75) is 26.7 Å². The second kappa shape index (κ2) is 8.67. The highest BCUT2D eigenvalue weighted by Crippen LogP contribution is 2.21. The summed E-state index contributed by atoms with van der Waals surface area (Å²) in [6.07, 6.45) is 1.98. The zero-order chi connectivity index (χ0) is 18.4. The molecule has 0 saturated carbocycles. The fourth-order valence-electron chi connectivity index (χ4n) is 2.43. The van der Waals surface area contributed by atoms with Crippen molar-refractivity contribution < 1.29 is 9.59 Å². The number of anilines is 1. The van der Waals surface area contributed by atoms with E-state index in [-0.39, 0.29) is 11.8 Å². The zero-order valence-corrected chi connectivity index (χ0v) is 15.6. The van der Waals surface area contributed by atoms with Gasteiger partial charge in [0.05, 0.1) is 0 Å². The van der Waals surface area contributed by atoms with Crippen LogP contribution >= 0.6 is 11.6 Å². The first-order chi connectivity index (χ1) is 11.9. The molecule has 1 N–H and O–H groups in total. The molecule has 5 heteroatoms. The number of nitrogens with zero attached hydrogens (tertiary/aromatic N) is 1. The average molecular weight is 359 g/mol. The number of nitrogens with one attached hydrogen (secondary N) is 1. The Kier molecular flexibility index (Phi) is 6.59. The van der Waals surface area contributed by atoms with Gasteiger partial charge in [0.25, 0.3) is 11.8 Å². The number of carbonyl (C=O) groups is 2. The average Bonchev–Trinajstić information content (AvgIpc) is 2.62. The van der Waals surface area contributed by atoms with Gasteiger partial charge < -0.3 is 10.2 Å². The Hall–Kier alpha value is -2.33. The van der Waals surface area contributed by atoms with E-state index >= 15 is 0 Å². The van der Waals surface area contributed by atoms with Gasteiger partial charge in [-0.2, -0.15) is 0 Å². The summed E-state index contributed by atoms with van der Waals surface area (Å²) < 4.78 is 0. The van der Waals surface area contributed by atoms with Gasteiger partial charge in [-0.1, -0.05) is 37.1 Å². The maximum Gasteiger partial charge on any atom is 0.255 e. The SMILES string of the molecule is CCCCN(C)C(=O)c1cccc(C(=O)Nc2cc(Cl)ccc2C)c1. The van der Waals surface area contributed by atoms with E-state index in [9.17, 15) is 9.59 Å². The number of benzene rings is 2. The Morgan fingerprint density at radius 1 is 1.12 bits per heavy atom. The van der Waals surface area contributed by atoms with Crippen LogP contribution in [-0.4, -0.2) is 30.3 Å². The summed E-state index contributed by atoms with van der Waals surface area (Å²) in [7, 11) is 1.78. The third-order valence-corrected chi connectivity index (χ3v) is 4.25.